The van der Waals surface area contributed by atoms with Crippen molar-refractivity contribution in [3.63, 3.8) is 0 Å². The summed E-state index contributed by atoms with van der Waals surface area (Å²) in [7, 11) is -4.18. The van der Waals surface area contributed by atoms with E-state index in [1.54, 1.807) is 12.3 Å². The van der Waals surface area contributed by atoms with E-state index in [4.69, 9.17) is 20.5 Å². The second-order valence-corrected chi connectivity index (χ2v) is 10.5. The van der Waals surface area contributed by atoms with E-state index in [0.717, 1.165) is 25.2 Å². The molecule has 1 aliphatic rings. The van der Waals surface area contributed by atoms with E-state index >= 15 is 0 Å². The van der Waals surface area contributed by atoms with Crippen LogP contribution in [0, 0.1) is 0 Å². The number of hydroxylamine groups is 1. The van der Waals surface area contributed by atoms with Crippen LogP contribution in [-0.2, 0) is 29.2 Å². The summed E-state index contributed by atoms with van der Waals surface area (Å²) in [6.07, 6.45) is -0.883. The van der Waals surface area contributed by atoms with Gasteiger partial charge in [-0.25, -0.2) is 18.2 Å². The molecular formula is C24H30F3N5O8S. The van der Waals surface area contributed by atoms with E-state index in [0.29, 0.717) is 12.8 Å². The molecule has 13 nitrogen and oxygen atoms in total. The van der Waals surface area contributed by atoms with Gasteiger partial charge in [0, 0.05) is 19.2 Å². The smallest absolute Gasteiger partial charge is 0.480 e. The van der Waals surface area contributed by atoms with Gasteiger partial charge in [-0.1, -0.05) is 24.3 Å². The minimum atomic E-state index is -5.08. The van der Waals surface area contributed by atoms with Gasteiger partial charge in [-0.3, -0.25) is 14.4 Å². The van der Waals surface area contributed by atoms with Crippen LogP contribution < -0.4 is 21.3 Å². The maximum Gasteiger partial charge on any atom is 0.490 e. The number of aromatic nitrogens is 1. The topological polar surface area (TPSA) is 210 Å². The van der Waals surface area contributed by atoms with Crippen LogP contribution >= 0.6 is 0 Å². The fourth-order valence-electron chi connectivity index (χ4n) is 3.58. The standard InChI is InChI=1S/C22H29N5O6S.C2HF3O2/c23-19(20(22(29)30)27-34(31,32)16-9-2-1-3-10-16)21(28)17-14-15(33-26-17)8-4-6-12-24-18-11-5-7-13-25-18;3-2(4,5)1(6)7/h1-3,5,7,9-11,13,15,17,19-20,26-27H,4,6,8,12,14,23H2,(H,24,25)(H,29,30);(H,6,7)/t15-,17+,19?,20-;/m0./s1. The Morgan fingerprint density at radius 3 is 2.29 bits per heavy atom. The molecule has 2 aromatic rings. The highest BCUT2D eigenvalue weighted by molar-refractivity contribution is 7.89. The molecule has 1 saturated heterocycles. The van der Waals surface area contributed by atoms with Crippen molar-refractivity contribution in [1.82, 2.24) is 15.2 Å². The van der Waals surface area contributed by atoms with Gasteiger partial charge in [0.25, 0.3) is 0 Å². The monoisotopic (exact) mass is 605 g/mol. The first-order valence-corrected chi connectivity index (χ1v) is 13.7. The molecule has 1 aliphatic heterocycles. The first-order chi connectivity index (χ1) is 19.2. The number of aliphatic carboxylic acids is 2. The number of pyridine rings is 1. The molecular weight excluding hydrogens is 575 g/mol. The summed E-state index contributed by atoms with van der Waals surface area (Å²) in [5.74, 6) is -4.14. The van der Waals surface area contributed by atoms with Crippen molar-refractivity contribution in [2.75, 3.05) is 11.9 Å². The number of Topliss-reactive ketones (excluding diaryl/α,β-unsaturated/α-hetero) is 1. The first kappa shape index (κ1) is 33.6. The lowest BCUT2D eigenvalue weighted by molar-refractivity contribution is -0.192. The number of sulfonamides is 1. The maximum absolute atomic E-state index is 12.8. The van der Waals surface area contributed by atoms with Gasteiger partial charge < -0.3 is 21.3 Å². The van der Waals surface area contributed by atoms with Crippen molar-refractivity contribution >= 4 is 33.6 Å². The third-order valence-electron chi connectivity index (χ3n) is 5.67. The molecule has 0 saturated carbocycles. The molecule has 1 aromatic heterocycles. The Kier molecular flexibility index (Phi) is 12.6. The summed E-state index contributed by atoms with van der Waals surface area (Å²) in [6.45, 7) is 0.742. The second kappa shape index (κ2) is 15.4. The van der Waals surface area contributed by atoms with Gasteiger partial charge in [0.2, 0.25) is 10.0 Å². The number of anilines is 1. The van der Waals surface area contributed by atoms with E-state index in [1.165, 1.54) is 24.3 Å². The van der Waals surface area contributed by atoms with Crippen LogP contribution in [0.25, 0.3) is 0 Å². The average molecular weight is 606 g/mol. The van der Waals surface area contributed by atoms with Gasteiger partial charge >= 0.3 is 18.1 Å². The molecule has 0 aliphatic carbocycles. The zero-order valence-electron chi connectivity index (χ0n) is 21.5. The molecule has 4 atom stereocenters. The number of rotatable bonds is 13. The summed E-state index contributed by atoms with van der Waals surface area (Å²) in [5.41, 5.74) is 8.52. The quantitative estimate of drug-likeness (QED) is 0.178. The maximum atomic E-state index is 12.8. The third-order valence-corrected chi connectivity index (χ3v) is 7.13. The lowest BCUT2D eigenvalue weighted by atomic mass is 9.95. The molecule has 17 heteroatoms. The Morgan fingerprint density at radius 1 is 1.10 bits per heavy atom. The molecule has 0 amide bonds. The van der Waals surface area contributed by atoms with E-state index in [2.05, 4.69) is 15.8 Å². The highest BCUT2D eigenvalue weighted by Gasteiger charge is 2.40. The van der Waals surface area contributed by atoms with Gasteiger partial charge in [0.15, 0.2) is 5.78 Å². The molecule has 0 spiro atoms. The number of unbranched alkanes of at least 4 members (excludes halogenated alkanes) is 1. The van der Waals surface area contributed by atoms with Crippen LogP contribution in [0.3, 0.4) is 0 Å². The minimum Gasteiger partial charge on any atom is -0.480 e. The zero-order valence-corrected chi connectivity index (χ0v) is 22.3. The van der Waals surface area contributed by atoms with Crippen molar-refractivity contribution in [3.8, 4) is 0 Å². The second-order valence-electron chi connectivity index (χ2n) is 8.76. The van der Waals surface area contributed by atoms with Gasteiger partial charge in [-0.15, -0.1) is 0 Å². The molecule has 3 rings (SSSR count). The van der Waals surface area contributed by atoms with Gasteiger partial charge in [-0.2, -0.15) is 23.4 Å². The number of nitrogens with one attached hydrogen (secondary N) is 3. The molecule has 41 heavy (non-hydrogen) atoms. The number of carboxylic acids is 2. The van der Waals surface area contributed by atoms with Gasteiger partial charge in [0.05, 0.1) is 23.1 Å². The highest BCUT2D eigenvalue weighted by Crippen LogP contribution is 2.19. The number of hydrogen-bond acceptors (Lipinski definition) is 10. The fraction of sp³-hybridized carbons (Fsp3) is 0.417. The number of alkyl halides is 3. The molecule has 1 aromatic carbocycles. The minimum absolute atomic E-state index is 0.124. The largest absolute Gasteiger partial charge is 0.490 e. The average Bonchev–Trinajstić information content (AvgIpc) is 3.40. The van der Waals surface area contributed by atoms with E-state index < -0.39 is 52.0 Å². The Bertz CT molecular complexity index is 1250. The predicted molar refractivity (Wildman–Crippen MR) is 138 cm³/mol. The van der Waals surface area contributed by atoms with Gasteiger partial charge in [-0.05, 0) is 43.5 Å². The molecule has 1 unspecified atom stereocenters. The number of carboxylic acid groups (broad SMARTS) is 2. The van der Waals surface area contributed by atoms with Crippen LogP contribution in [-0.4, -0.2) is 78.3 Å². The third kappa shape index (κ3) is 11.0. The summed E-state index contributed by atoms with van der Waals surface area (Å²) in [6, 6.07) is 8.65. The number of nitrogens with two attached hydrogens (primary N) is 1. The molecule has 0 radical (unpaired) electrons. The number of nitrogens with zero attached hydrogens (tertiary/aromatic N) is 1. The first-order valence-electron chi connectivity index (χ1n) is 12.2. The summed E-state index contributed by atoms with van der Waals surface area (Å²) in [5, 5.41) is 19.9. The highest BCUT2D eigenvalue weighted by atomic mass is 32.2. The Labute approximate surface area is 233 Å². The van der Waals surface area contributed by atoms with Crippen molar-refractivity contribution in [1.29, 1.82) is 0 Å². The number of hydrogen-bond donors (Lipinski definition) is 6. The van der Waals surface area contributed by atoms with Crippen LogP contribution in [0.4, 0.5) is 19.0 Å². The molecule has 0 bridgehead atoms. The number of carbonyl (C=O) groups is 3. The number of benzene rings is 1. The van der Waals surface area contributed by atoms with E-state index in [-0.39, 0.29) is 11.0 Å². The number of ketones is 1. The van der Waals surface area contributed by atoms with Crippen molar-refractivity contribution < 1.29 is 51.0 Å². The van der Waals surface area contributed by atoms with E-state index in [9.17, 15) is 36.3 Å². The fourth-order valence-corrected chi connectivity index (χ4v) is 4.81. The van der Waals surface area contributed by atoms with E-state index in [1.807, 2.05) is 22.9 Å². The van der Waals surface area contributed by atoms with Gasteiger partial charge in [0.1, 0.15) is 11.9 Å². The number of halogens is 3. The summed E-state index contributed by atoms with van der Waals surface area (Å²) < 4.78 is 58.8. The van der Waals surface area contributed by atoms with Crippen molar-refractivity contribution in [3.05, 3.63) is 54.7 Å². The van der Waals surface area contributed by atoms with Crippen molar-refractivity contribution in [2.45, 2.75) is 61.0 Å². The van der Waals surface area contributed by atoms with Crippen LogP contribution in [0.15, 0.2) is 59.6 Å². The molecule has 1 fully saturated rings. The lowest BCUT2D eigenvalue weighted by Gasteiger charge is -2.22. The lowest BCUT2D eigenvalue weighted by Crippen LogP contribution is -2.58. The molecule has 7 N–H and O–H groups in total. The summed E-state index contributed by atoms with van der Waals surface area (Å²) in [4.78, 5) is 43.0. The number of carbonyl (C=O) groups excluding carboxylic acids is 1. The van der Waals surface area contributed by atoms with Crippen LogP contribution in [0.1, 0.15) is 25.7 Å². The zero-order chi connectivity index (χ0) is 30.6. The Hall–Kier alpha value is -3.64. The van der Waals surface area contributed by atoms with Crippen LogP contribution in [0.5, 0.6) is 0 Å². The normalized spacial score (nSPS) is 18.4. The Morgan fingerprint density at radius 2 is 1.73 bits per heavy atom. The predicted octanol–water partition coefficient (Wildman–Crippen LogP) is 1.29. The van der Waals surface area contributed by atoms with Crippen molar-refractivity contribution in [2.24, 2.45) is 5.73 Å². The molecule has 226 valence electrons. The van der Waals surface area contributed by atoms with Crippen LogP contribution in [0.2, 0.25) is 0 Å². The molecule has 2 heterocycles. The SMILES string of the molecule is NC(C(=O)[C@H]1C[C@H](CCCCNc2ccccn2)ON1)[C@H](NS(=O)(=O)c1ccccc1)C(=O)O.O=C(O)C(F)(F)F. The summed E-state index contributed by atoms with van der Waals surface area (Å²) >= 11 is 0. The Balaban J connectivity index is 0.000000745.